The van der Waals surface area contributed by atoms with Crippen molar-refractivity contribution in [3.8, 4) is 22.8 Å². The molecular formula is C32H32ClF2N5O5. The molecule has 6 rings (SSSR count). The topological polar surface area (TPSA) is 142 Å². The summed E-state index contributed by atoms with van der Waals surface area (Å²) in [7, 11) is 1.48. The molecule has 2 aliphatic carbocycles. The first-order chi connectivity index (χ1) is 21.5. The van der Waals surface area contributed by atoms with E-state index < -0.39 is 35.4 Å². The number of aromatic nitrogens is 3. The molecule has 4 N–H and O–H groups in total. The first-order valence-electron chi connectivity index (χ1n) is 14.6. The molecule has 0 radical (unpaired) electrons. The number of primary amides is 1. The zero-order chi connectivity index (χ0) is 32.1. The minimum Gasteiger partial charge on any atom is -0.494 e. The van der Waals surface area contributed by atoms with Crippen molar-refractivity contribution in [2.75, 3.05) is 20.3 Å². The highest BCUT2D eigenvalue weighted by atomic mass is 35.5. The molecule has 0 saturated heterocycles. The Morgan fingerprint density at radius 1 is 1.24 bits per heavy atom. The molecule has 0 spiro atoms. The standard InChI is InChI=1S/C32H32ClF2N5O5/c1-3-45-29-17(13-26(36)41)12-25(38-28(29)22-14-20(33)4-7-23(22)34)32(43,31(35)8-9-31)16-37-30(42)18-10-19-15-40(21-5-6-21)39-27(19)24(11-18)44-2/h4,7,10-12,14-15,21,43H,3,5-6,8-9,13,16H2,1-2H3,(H2,36,41)(H,37,42)/t32-/m0/s1. The zero-order valence-corrected chi connectivity index (χ0v) is 25.5. The van der Waals surface area contributed by atoms with Crippen LogP contribution in [0, 0.1) is 5.82 Å². The van der Waals surface area contributed by atoms with Crippen LogP contribution in [0.4, 0.5) is 8.78 Å². The number of nitrogens with one attached hydrogen (secondary N) is 1. The number of aliphatic hydroxyl groups is 1. The number of pyridine rings is 1. The number of hydrogen-bond donors (Lipinski definition) is 3. The largest absolute Gasteiger partial charge is 0.494 e. The highest BCUT2D eigenvalue weighted by Crippen LogP contribution is 2.54. The van der Waals surface area contributed by atoms with Gasteiger partial charge in [0.05, 0.1) is 38.4 Å². The van der Waals surface area contributed by atoms with Crippen LogP contribution in [0.3, 0.4) is 0 Å². The third kappa shape index (κ3) is 5.80. The summed E-state index contributed by atoms with van der Waals surface area (Å²) in [6.07, 6.45) is 3.51. The quantitative estimate of drug-likeness (QED) is 0.203. The predicted octanol–water partition coefficient (Wildman–Crippen LogP) is 4.78. The number of nitrogens with zero attached hydrogens (tertiary/aromatic N) is 3. The lowest BCUT2D eigenvalue weighted by Gasteiger charge is -2.33. The van der Waals surface area contributed by atoms with Crippen molar-refractivity contribution >= 4 is 34.3 Å². The van der Waals surface area contributed by atoms with Crippen LogP contribution in [0.15, 0.2) is 42.6 Å². The fourth-order valence-corrected chi connectivity index (χ4v) is 5.70. The molecule has 0 bridgehead atoms. The second-order valence-electron chi connectivity index (χ2n) is 11.5. The summed E-state index contributed by atoms with van der Waals surface area (Å²) in [6.45, 7) is 1.23. The molecule has 2 aromatic carbocycles. The molecule has 2 aliphatic rings. The van der Waals surface area contributed by atoms with Gasteiger partial charge in [-0.1, -0.05) is 11.6 Å². The zero-order valence-electron chi connectivity index (χ0n) is 24.7. The van der Waals surface area contributed by atoms with Gasteiger partial charge in [-0.2, -0.15) is 5.10 Å². The Labute approximate surface area is 262 Å². The highest BCUT2D eigenvalue weighted by molar-refractivity contribution is 6.30. The first kappa shape index (κ1) is 30.7. The van der Waals surface area contributed by atoms with Crippen LogP contribution >= 0.6 is 11.6 Å². The molecular weight excluding hydrogens is 608 g/mol. The van der Waals surface area contributed by atoms with Gasteiger partial charge in [0.15, 0.2) is 5.60 Å². The second-order valence-corrected chi connectivity index (χ2v) is 11.9. The number of halogens is 3. The summed E-state index contributed by atoms with van der Waals surface area (Å²) < 4.78 is 44.4. The third-order valence-corrected chi connectivity index (χ3v) is 8.47. The molecule has 2 amide bonds. The van der Waals surface area contributed by atoms with Crippen LogP contribution in [0.1, 0.15) is 60.3 Å². The smallest absolute Gasteiger partial charge is 0.251 e. The number of benzene rings is 2. The van der Waals surface area contributed by atoms with E-state index in [4.69, 9.17) is 26.8 Å². The van der Waals surface area contributed by atoms with Gasteiger partial charge < -0.3 is 25.6 Å². The third-order valence-electron chi connectivity index (χ3n) is 8.24. The number of nitrogens with two attached hydrogens (primary N) is 1. The Bertz CT molecular complexity index is 1820. The predicted molar refractivity (Wildman–Crippen MR) is 163 cm³/mol. The maximum atomic E-state index is 16.1. The lowest BCUT2D eigenvalue weighted by Crippen LogP contribution is -2.49. The van der Waals surface area contributed by atoms with Crippen molar-refractivity contribution in [2.45, 2.75) is 56.3 Å². The number of methoxy groups -OCH3 is 1. The van der Waals surface area contributed by atoms with Gasteiger partial charge in [-0.3, -0.25) is 14.3 Å². The average Bonchev–Trinajstić information content (AvgIpc) is 3.95. The Morgan fingerprint density at radius 2 is 2.00 bits per heavy atom. The van der Waals surface area contributed by atoms with Crippen molar-refractivity contribution < 1.29 is 33.0 Å². The molecule has 2 heterocycles. The number of carbonyl (C=O) groups excluding carboxylic acids is 2. The fourth-order valence-electron chi connectivity index (χ4n) is 5.53. The van der Waals surface area contributed by atoms with Crippen LogP contribution < -0.4 is 20.5 Å². The average molecular weight is 640 g/mol. The summed E-state index contributed by atoms with van der Waals surface area (Å²) in [5.41, 5.74) is 1.58. The van der Waals surface area contributed by atoms with Gasteiger partial charge in [0, 0.05) is 33.3 Å². The molecule has 2 fully saturated rings. The number of rotatable bonds is 12. The van der Waals surface area contributed by atoms with Gasteiger partial charge in [0.2, 0.25) is 5.91 Å². The van der Waals surface area contributed by atoms with E-state index in [2.05, 4.69) is 15.4 Å². The van der Waals surface area contributed by atoms with Crippen molar-refractivity contribution in [1.29, 1.82) is 0 Å². The summed E-state index contributed by atoms with van der Waals surface area (Å²) in [6, 6.07) is 8.63. The highest BCUT2D eigenvalue weighted by Gasteiger charge is 2.62. The van der Waals surface area contributed by atoms with E-state index in [0.717, 1.165) is 18.9 Å². The van der Waals surface area contributed by atoms with Gasteiger partial charge in [0.1, 0.15) is 34.2 Å². The Kier molecular flexibility index (Phi) is 7.90. The van der Waals surface area contributed by atoms with Gasteiger partial charge in [0.25, 0.3) is 5.91 Å². The van der Waals surface area contributed by atoms with Gasteiger partial charge in [-0.25, -0.2) is 13.8 Å². The number of hydrogen-bond acceptors (Lipinski definition) is 7. The Morgan fingerprint density at radius 3 is 2.64 bits per heavy atom. The van der Waals surface area contributed by atoms with Crippen molar-refractivity contribution in [3.05, 3.63) is 70.3 Å². The van der Waals surface area contributed by atoms with Crippen LogP contribution in [0.25, 0.3) is 22.2 Å². The first-order valence-corrected chi connectivity index (χ1v) is 15.0. The van der Waals surface area contributed by atoms with E-state index in [-0.39, 0.29) is 64.7 Å². The Balaban J connectivity index is 1.40. The summed E-state index contributed by atoms with van der Waals surface area (Å²) in [5.74, 6) is -1.60. The van der Waals surface area contributed by atoms with E-state index in [9.17, 15) is 14.7 Å². The van der Waals surface area contributed by atoms with E-state index in [1.807, 2.05) is 10.9 Å². The number of fused-ring (bicyclic) bond motifs is 1. The van der Waals surface area contributed by atoms with Gasteiger partial charge in [-0.15, -0.1) is 0 Å². The minimum absolute atomic E-state index is 0.0135. The second kappa shape index (κ2) is 11.6. The minimum atomic E-state index is -2.37. The Hall–Kier alpha value is -4.29. The number of carbonyl (C=O) groups is 2. The summed E-state index contributed by atoms with van der Waals surface area (Å²) in [4.78, 5) is 30.0. The lowest BCUT2D eigenvalue weighted by molar-refractivity contribution is -0.117. The molecule has 2 saturated carbocycles. The van der Waals surface area contributed by atoms with E-state index >= 15 is 8.78 Å². The van der Waals surface area contributed by atoms with Crippen LogP contribution in [0.5, 0.6) is 11.5 Å². The fraction of sp³-hybridized carbons (Fsp3) is 0.375. The molecule has 10 nitrogen and oxygen atoms in total. The number of ether oxygens (including phenoxy) is 2. The molecule has 4 aromatic rings. The maximum absolute atomic E-state index is 16.1. The van der Waals surface area contributed by atoms with Crippen molar-refractivity contribution in [3.63, 3.8) is 0 Å². The van der Waals surface area contributed by atoms with Gasteiger partial charge in [-0.05, 0) is 69.0 Å². The lowest BCUT2D eigenvalue weighted by atomic mass is 9.88. The molecule has 45 heavy (non-hydrogen) atoms. The number of alkyl halides is 1. The van der Waals surface area contributed by atoms with Crippen LogP contribution in [0.2, 0.25) is 5.02 Å². The molecule has 2 aromatic heterocycles. The maximum Gasteiger partial charge on any atom is 0.251 e. The summed E-state index contributed by atoms with van der Waals surface area (Å²) >= 11 is 6.17. The monoisotopic (exact) mass is 639 g/mol. The van der Waals surface area contributed by atoms with E-state index in [1.54, 1.807) is 13.0 Å². The van der Waals surface area contributed by atoms with Crippen LogP contribution in [-0.4, -0.2) is 57.6 Å². The number of amides is 2. The van der Waals surface area contributed by atoms with Crippen molar-refractivity contribution in [1.82, 2.24) is 20.1 Å². The van der Waals surface area contributed by atoms with E-state index in [0.29, 0.717) is 22.7 Å². The van der Waals surface area contributed by atoms with E-state index in [1.165, 1.54) is 31.4 Å². The molecule has 236 valence electrons. The van der Waals surface area contributed by atoms with Gasteiger partial charge >= 0.3 is 0 Å². The SMILES string of the molecule is CCOc1c(CC(N)=O)cc([C@@](O)(CNC(=O)c2cc(OC)c3nn(C4CC4)cc3c2)C2(F)CC2)nc1-c1cc(Cl)ccc1F. The molecule has 13 heteroatoms. The van der Waals surface area contributed by atoms with Crippen LogP contribution in [-0.2, 0) is 16.8 Å². The summed E-state index contributed by atoms with van der Waals surface area (Å²) in [5, 5.41) is 20.2. The molecule has 0 aliphatic heterocycles. The molecule has 1 atom stereocenters. The normalized spacial score (nSPS) is 16.7. The molecule has 0 unspecified atom stereocenters. The van der Waals surface area contributed by atoms with Crippen molar-refractivity contribution in [2.24, 2.45) is 5.73 Å².